The highest BCUT2D eigenvalue weighted by atomic mass is 35.5. The summed E-state index contributed by atoms with van der Waals surface area (Å²) in [6.07, 6.45) is 2.77. The molecule has 0 saturated heterocycles. The second-order valence-corrected chi connectivity index (χ2v) is 7.56. The molecule has 0 radical (unpaired) electrons. The van der Waals surface area contributed by atoms with Crippen LogP contribution in [0, 0.1) is 0 Å². The lowest BCUT2D eigenvalue weighted by Gasteiger charge is -2.09. The monoisotopic (exact) mass is 391 g/mol. The Bertz CT molecular complexity index is 1000. The number of aromatic nitrogens is 1. The number of oxazole rings is 1. The van der Waals surface area contributed by atoms with E-state index in [-0.39, 0.29) is 21.4 Å². The zero-order chi connectivity index (χ0) is 18.6. The minimum Gasteiger partial charge on any atom is -0.447 e. The van der Waals surface area contributed by atoms with Crippen LogP contribution in [0.2, 0.25) is 5.02 Å². The molecule has 7 nitrogen and oxygen atoms in total. The summed E-state index contributed by atoms with van der Waals surface area (Å²) in [4.78, 5) is 15.7. The predicted octanol–water partition coefficient (Wildman–Crippen LogP) is 3.48. The number of rotatable bonds is 5. The van der Waals surface area contributed by atoms with Crippen LogP contribution in [0.1, 0.15) is 5.76 Å². The lowest BCUT2D eigenvalue weighted by Crippen LogP contribution is -2.27. The van der Waals surface area contributed by atoms with E-state index in [9.17, 15) is 13.2 Å². The van der Waals surface area contributed by atoms with Crippen molar-refractivity contribution in [2.24, 2.45) is 0 Å². The van der Waals surface area contributed by atoms with Crippen molar-refractivity contribution in [1.82, 2.24) is 10.3 Å². The third kappa shape index (κ3) is 4.04. The van der Waals surface area contributed by atoms with E-state index in [4.69, 9.17) is 16.0 Å². The maximum atomic E-state index is 12.6. The van der Waals surface area contributed by atoms with Gasteiger partial charge in [-0.2, -0.15) is 0 Å². The number of urea groups is 1. The number of carbonyl (C=O) groups excluding carboxylic acids is 1. The third-order valence-corrected chi connectivity index (χ3v) is 5.72. The van der Waals surface area contributed by atoms with Crippen molar-refractivity contribution in [3.63, 3.8) is 0 Å². The number of sulfone groups is 1. The summed E-state index contributed by atoms with van der Waals surface area (Å²) in [6.45, 7) is 0.185. The number of hydrogen-bond acceptors (Lipinski definition) is 5. The molecule has 2 aromatic carbocycles. The fourth-order valence-electron chi connectivity index (χ4n) is 2.18. The van der Waals surface area contributed by atoms with Gasteiger partial charge in [0.15, 0.2) is 6.39 Å². The Labute approximate surface area is 154 Å². The summed E-state index contributed by atoms with van der Waals surface area (Å²) in [5.41, 5.74) is 0.443. The second-order valence-electron chi connectivity index (χ2n) is 5.23. The summed E-state index contributed by atoms with van der Waals surface area (Å²) < 4.78 is 30.3. The van der Waals surface area contributed by atoms with Crippen LogP contribution in [0.15, 0.2) is 75.3 Å². The summed E-state index contributed by atoms with van der Waals surface area (Å²) in [5, 5.41) is 5.35. The molecule has 0 bridgehead atoms. The van der Waals surface area contributed by atoms with Gasteiger partial charge in [-0.1, -0.05) is 23.7 Å². The molecule has 0 saturated carbocycles. The van der Waals surface area contributed by atoms with Gasteiger partial charge in [-0.15, -0.1) is 0 Å². The van der Waals surface area contributed by atoms with Gasteiger partial charge in [0, 0.05) is 5.69 Å². The van der Waals surface area contributed by atoms with Gasteiger partial charge in [-0.05, 0) is 36.4 Å². The number of nitrogens with one attached hydrogen (secondary N) is 2. The van der Waals surface area contributed by atoms with Crippen molar-refractivity contribution in [3.8, 4) is 0 Å². The normalized spacial score (nSPS) is 11.1. The minimum absolute atomic E-state index is 0.0344. The van der Waals surface area contributed by atoms with Gasteiger partial charge in [-0.3, -0.25) is 0 Å². The van der Waals surface area contributed by atoms with Gasteiger partial charge in [0.25, 0.3) is 0 Å². The SMILES string of the molecule is O=C(NCc1cnco1)Nc1ccc(S(=O)(=O)c2ccccc2Cl)cc1. The minimum atomic E-state index is -3.73. The van der Waals surface area contributed by atoms with Gasteiger partial charge in [0.1, 0.15) is 5.76 Å². The Kier molecular flexibility index (Phi) is 5.24. The van der Waals surface area contributed by atoms with Gasteiger partial charge in [-0.25, -0.2) is 18.2 Å². The Morgan fingerprint density at radius 3 is 2.50 bits per heavy atom. The van der Waals surface area contributed by atoms with Gasteiger partial charge < -0.3 is 15.1 Å². The molecule has 1 heterocycles. The number of carbonyl (C=O) groups is 1. The second kappa shape index (κ2) is 7.59. The van der Waals surface area contributed by atoms with Crippen LogP contribution >= 0.6 is 11.6 Å². The Morgan fingerprint density at radius 1 is 1.12 bits per heavy atom. The van der Waals surface area contributed by atoms with E-state index in [1.807, 2.05) is 0 Å². The average molecular weight is 392 g/mol. The van der Waals surface area contributed by atoms with E-state index >= 15 is 0 Å². The number of amides is 2. The van der Waals surface area contributed by atoms with Crippen LogP contribution in [-0.4, -0.2) is 19.4 Å². The smallest absolute Gasteiger partial charge is 0.319 e. The Hall–Kier alpha value is -2.84. The molecule has 0 fully saturated rings. The highest BCUT2D eigenvalue weighted by molar-refractivity contribution is 7.91. The fourth-order valence-corrected chi connectivity index (χ4v) is 3.95. The lowest BCUT2D eigenvalue weighted by molar-refractivity contribution is 0.251. The van der Waals surface area contributed by atoms with Crippen LogP contribution in [0.3, 0.4) is 0 Å². The number of benzene rings is 2. The van der Waals surface area contributed by atoms with E-state index in [0.717, 1.165) is 0 Å². The van der Waals surface area contributed by atoms with Crippen LogP contribution in [0.4, 0.5) is 10.5 Å². The van der Waals surface area contributed by atoms with Crippen molar-refractivity contribution in [3.05, 3.63) is 71.9 Å². The van der Waals surface area contributed by atoms with E-state index in [1.54, 1.807) is 12.1 Å². The molecular formula is C17H14ClN3O4S. The molecule has 0 unspecified atom stereocenters. The van der Waals surface area contributed by atoms with Crippen molar-refractivity contribution in [2.75, 3.05) is 5.32 Å². The third-order valence-electron chi connectivity index (χ3n) is 3.46. The summed E-state index contributed by atoms with van der Waals surface area (Å²) >= 11 is 5.98. The fraction of sp³-hybridized carbons (Fsp3) is 0.0588. The van der Waals surface area contributed by atoms with Crippen molar-refractivity contribution >= 4 is 33.2 Å². The molecule has 0 aliphatic heterocycles. The molecule has 3 rings (SSSR count). The lowest BCUT2D eigenvalue weighted by atomic mass is 10.3. The van der Waals surface area contributed by atoms with Crippen molar-refractivity contribution < 1.29 is 17.6 Å². The maximum Gasteiger partial charge on any atom is 0.319 e. The van der Waals surface area contributed by atoms with E-state index in [0.29, 0.717) is 11.4 Å². The van der Waals surface area contributed by atoms with E-state index in [1.165, 1.54) is 49.0 Å². The first-order valence-electron chi connectivity index (χ1n) is 7.49. The van der Waals surface area contributed by atoms with Gasteiger partial charge in [0.2, 0.25) is 9.84 Å². The van der Waals surface area contributed by atoms with E-state index < -0.39 is 15.9 Å². The molecule has 0 spiro atoms. The molecule has 2 N–H and O–H groups in total. The van der Waals surface area contributed by atoms with Crippen LogP contribution in [0.5, 0.6) is 0 Å². The molecule has 134 valence electrons. The first-order valence-corrected chi connectivity index (χ1v) is 9.35. The molecule has 0 aliphatic rings. The number of hydrogen-bond donors (Lipinski definition) is 2. The van der Waals surface area contributed by atoms with Gasteiger partial charge >= 0.3 is 6.03 Å². The summed E-state index contributed by atoms with van der Waals surface area (Å²) in [7, 11) is -3.73. The molecule has 26 heavy (non-hydrogen) atoms. The molecule has 2 amide bonds. The predicted molar refractivity (Wildman–Crippen MR) is 95.7 cm³/mol. The van der Waals surface area contributed by atoms with Crippen LogP contribution in [0.25, 0.3) is 0 Å². The molecule has 3 aromatic rings. The first-order chi connectivity index (χ1) is 12.5. The van der Waals surface area contributed by atoms with Gasteiger partial charge in [0.05, 0.1) is 27.6 Å². The number of anilines is 1. The van der Waals surface area contributed by atoms with Crippen molar-refractivity contribution in [1.29, 1.82) is 0 Å². The zero-order valence-electron chi connectivity index (χ0n) is 13.3. The first kappa shape index (κ1) is 18.0. The average Bonchev–Trinajstić information content (AvgIpc) is 3.14. The van der Waals surface area contributed by atoms with E-state index in [2.05, 4.69) is 15.6 Å². The molecule has 1 aromatic heterocycles. The highest BCUT2D eigenvalue weighted by Crippen LogP contribution is 2.27. The topological polar surface area (TPSA) is 101 Å². The molecule has 0 aliphatic carbocycles. The molecular weight excluding hydrogens is 378 g/mol. The Morgan fingerprint density at radius 2 is 1.85 bits per heavy atom. The summed E-state index contributed by atoms with van der Waals surface area (Å²) in [6, 6.07) is 11.6. The number of halogens is 1. The highest BCUT2D eigenvalue weighted by Gasteiger charge is 2.20. The maximum absolute atomic E-state index is 12.6. The van der Waals surface area contributed by atoms with Crippen LogP contribution < -0.4 is 10.6 Å². The summed E-state index contributed by atoms with van der Waals surface area (Å²) in [5.74, 6) is 0.515. The zero-order valence-corrected chi connectivity index (χ0v) is 14.9. The quantitative estimate of drug-likeness (QED) is 0.693. The molecule has 0 atom stereocenters. The van der Waals surface area contributed by atoms with Crippen molar-refractivity contribution in [2.45, 2.75) is 16.3 Å². The number of nitrogens with zero attached hydrogens (tertiary/aromatic N) is 1. The van der Waals surface area contributed by atoms with Crippen LogP contribution in [-0.2, 0) is 16.4 Å². The Balaban J connectivity index is 1.68. The standard InChI is InChI=1S/C17H14ClN3O4S/c18-15-3-1-2-4-16(15)26(23,24)14-7-5-12(6-8-14)21-17(22)20-10-13-9-19-11-25-13/h1-9,11H,10H2,(H2,20,21,22). The largest absolute Gasteiger partial charge is 0.447 e. The molecule has 9 heteroatoms.